The molecule has 1 amide bonds. The van der Waals surface area contributed by atoms with E-state index in [0.717, 1.165) is 50.7 Å². The number of fused-ring (bicyclic) bond motifs is 4. The summed E-state index contributed by atoms with van der Waals surface area (Å²) in [6.07, 6.45) is 9.72. The van der Waals surface area contributed by atoms with Gasteiger partial charge >= 0.3 is 0 Å². The molecule has 1 heterocycles. The van der Waals surface area contributed by atoms with E-state index in [9.17, 15) is 15.0 Å². The Kier molecular flexibility index (Phi) is 5.72. The van der Waals surface area contributed by atoms with E-state index in [2.05, 4.69) is 48.5 Å². The minimum absolute atomic E-state index is 0.0219. The van der Waals surface area contributed by atoms with E-state index in [4.69, 9.17) is 4.74 Å². The van der Waals surface area contributed by atoms with Gasteiger partial charge in [-0.05, 0) is 105 Å². The number of hydrogen-bond donors (Lipinski definition) is 2. The molecule has 0 aromatic carbocycles. The molecule has 3 radical (unpaired) electrons. The summed E-state index contributed by atoms with van der Waals surface area (Å²) < 4.78 is 6.67. The Morgan fingerprint density at radius 3 is 2.46 bits per heavy atom. The number of aliphatic hydroxyl groups is 2. The third-order valence-corrected chi connectivity index (χ3v) is 13.4. The fourth-order valence-electron chi connectivity index (χ4n) is 11.5. The van der Waals surface area contributed by atoms with Gasteiger partial charge in [-0.15, -0.1) is 0 Å². The summed E-state index contributed by atoms with van der Waals surface area (Å²) in [4.78, 5) is 14.2. The molecule has 2 N–H and O–H groups in total. The molecular weight excluding hydrogens is 462 g/mol. The lowest BCUT2D eigenvalue weighted by Crippen LogP contribution is -2.58. The van der Waals surface area contributed by atoms with Crippen LogP contribution in [0.25, 0.3) is 0 Å². The first kappa shape index (κ1) is 26.6. The largest absolute Gasteiger partial charge is 0.393 e. The minimum atomic E-state index is -0.603. The van der Waals surface area contributed by atoms with Gasteiger partial charge in [0.1, 0.15) is 12.2 Å². The van der Waals surface area contributed by atoms with Crippen molar-refractivity contribution in [2.75, 3.05) is 6.54 Å². The van der Waals surface area contributed by atoms with Crippen LogP contribution in [-0.4, -0.2) is 45.8 Å². The van der Waals surface area contributed by atoms with Crippen molar-refractivity contribution in [1.29, 1.82) is 0 Å². The topological polar surface area (TPSA) is 70.0 Å². The maximum absolute atomic E-state index is 12.3. The maximum atomic E-state index is 12.3. The van der Waals surface area contributed by atoms with Gasteiger partial charge < -0.3 is 19.8 Å². The number of ether oxygens (including phenoxy) is 1. The molecule has 0 unspecified atom stereocenters. The van der Waals surface area contributed by atoms with Crippen molar-refractivity contribution in [2.45, 2.75) is 125 Å². The summed E-state index contributed by atoms with van der Waals surface area (Å²) in [6, 6.07) is 0.118. The highest BCUT2D eigenvalue weighted by Gasteiger charge is 2.85. The quantitative estimate of drug-likeness (QED) is 0.509. The van der Waals surface area contributed by atoms with Crippen molar-refractivity contribution < 1.29 is 19.7 Å². The Labute approximate surface area is 225 Å². The van der Waals surface area contributed by atoms with E-state index in [1.54, 1.807) is 12.8 Å². The number of amides is 1. The zero-order valence-electron chi connectivity index (χ0n) is 24.5. The highest BCUT2D eigenvalue weighted by Crippen LogP contribution is 2.90. The maximum Gasteiger partial charge on any atom is 0.219 e. The number of carbonyl (C=O) groups is 1. The van der Waals surface area contributed by atoms with Gasteiger partial charge in [0, 0.05) is 24.3 Å². The predicted octanol–water partition coefficient (Wildman–Crippen LogP) is 5.70. The molecule has 1 aliphatic heterocycles. The molecule has 0 aromatic rings. The smallest absolute Gasteiger partial charge is 0.219 e. The van der Waals surface area contributed by atoms with Crippen molar-refractivity contribution >= 4 is 5.91 Å². The number of aliphatic hydroxyl groups excluding tert-OH is 2. The molecule has 6 aliphatic rings. The van der Waals surface area contributed by atoms with Gasteiger partial charge in [0.05, 0.1) is 18.8 Å². The second-order valence-corrected chi connectivity index (χ2v) is 15.3. The Balaban J connectivity index is 1.32. The normalized spacial score (nSPS) is 51.1. The summed E-state index contributed by atoms with van der Waals surface area (Å²) in [5.41, 5.74) is 0.199. The summed E-state index contributed by atoms with van der Waals surface area (Å²) in [5.74, 6) is 2.89. The van der Waals surface area contributed by atoms with E-state index in [0.29, 0.717) is 23.8 Å². The Hall–Kier alpha value is -0.650. The van der Waals surface area contributed by atoms with Gasteiger partial charge in [-0.3, -0.25) is 4.79 Å². The first-order valence-electron chi connectivity index (χ1n) is 15.1. The highest BCUT2D eigenvalue weighted by atomic mass is 16.5. The first-order chi connectivity index (χ1) is 17.2. The van der Waals surface area contributed by atoms with Crippen LogP contribution >= 0.6 is 0 Å². The van der Waals surface area contributed by atoms with Crippen molar-refractivity contribution in [2.24, 2.45) is 44.8 Å². The molecule has 9 atom stereocenters. The number of nitrogens with zero attached hydrogens (tertiary/aromatic N) is 1. The third-order valence-electron chi connectivity index (χ3n) is 13.4. The predicted molar refractivity (Wildman–Crippen MR) is 143 cm³/mol. The van der Waals surface area contributed by atoms with Crippen LogP contribution in [0.1, 0.15) is 107 Å². The fraction of sp³-hybridized carbons (Fsp3) is 0.875. The van der Waals surface area contributed by atoms with Crippen molar-refractivity contribution in [3.8, 4) is 0 Å². The van der Waals surface area contributed by atoms with Crippen LogP contribution in [0.3, 0.4) is 0 Å². The molecule has 37 heavy (non-hydrogen) atoms. The molecule has 2 spiro atoms. The van der Waals surface area contributed by atoms with E-state index >= 15 is 0 Å². The average Bonchev–Trinajstić information content (AvgIpc) is 3.45. The lowest BCUT2D eigenvalue weighted by atomic mass is 9.41. The van der Waals surface area contributed by atoms with Crippen molar-refractivity contribution in [3.63, 3.8) is 0 Å². The monoisotopic (exact) mass is 512 g/mol. The van der Waals surface area contributed by atoms with Crippen LogP contribution in [0.2, 0.25) is 0 Å². The van der Waals surface area contributed by atoms with Gasteiger partial charge in [0.15, 0.2) is 0 Å². The highest BCUT2D eigenvalue weighted by molar-refractivity contribution is 5.73. The third kappa shape index (κ3) is 3.06. The van der Waals surface area contributed by atoms with Gasteiger partial charge in [0.2, 0.25) is 5.91 Å². The molecule has 5 saturated carbocycles. The molecule has 0 aromatic heterocycles. The lowest BCUT2D eigenvalue weighted by Gasteiger charge is -2.63. The minimum Gasteiger partial charge on any atom is -0.393 e. The molecule has 5 aliphatic carbocycles. The van der Waals surface area contributed by atoms with E-state index in [-0.39, 0.29) is 45.6 Å². The number of rotatable bonds is 3. The summed E-state index contributed by atoms with van der Waals surface area (Å²) >= 11 is 0. The SMILES string of the molecule is CC(=O)N(C[C]1C[C@@H](C)[C@H]2[C](O1)[C@H](O)[C@@]1(C)[C]3CC[C@H]4C(C)(C)[C@@H](O)CC[C@@]45C[C@@]35CC[C@]21C)C(C)C. The van der Waals surface area contributed by atoms with Crippen molar-refractivity contribution in [1.82, 2.24) is 4.90 Å². The summed E-state index contributed by atoms with van der Waals surface area (Å²) in [7, 11) is 0. The van der Waals surface area contributed by atoms with Crippen LogP contribution in [0.15, 0.2) is 0 Å². The van der Waals surface area contributed by atoms with E-state index in [1.165, 1.54) is 12.8 Å². The first-order valence-corrected chi connectivity index (χ1v) is 15.1. The Morgan fingerprint density at radius 2 is 1.81 bits per heavy atom. The number of carbonyl (C=O) groups excluding carboxylic acids is 1. The van der Waals surface area contributed by atoms with Crippen molar-refractivity contribution in [3.05, 3.63) is 18.1 Å². The van der Waals surface area contributed by atoms with E-state index in [1.807, 2.05) is 4.90 Å². The van der Waals surface area contributed by atoms with Gasteiger partial charge in [-0.2, -0.15) is 0 Å². The van der Waals surface area contributed by atoms with Crippen LogP contribution in [0.5, 0.6) is 0 Å². The molecule has 5 nitrogen and oxygen atoms in total. The molecule has 207 valence electrons. The van der Waals surface area contributed by atoms with Gasteiger partial charge in [0.25, 0.3) is 0 Å². The second-order valence-electron chi connectivity index (χ2n) is 15.3. The van der Waals surface area contributed by atoms with Gasteiger partial charge in [-0.1, -0.05) is 34.6 Å². The molecule has 6 rings (SSSR count). The van der Waals surface area contributed by atoms with Crippen LogP contribution in [0.4, 0.5) is 0 Å². The summed E-state index contributed by atoms with van der Waals surface area (Å²) in [6.45, 7) is 18.0. The van der Waals surface area contributed by atoms with E-state index < -0.39 is 6.10 Å². The Bertz CT molecular complexity index is 964. The summed E-state index contributed by atoms with van der Waals surface area (Å²) in [5, 5.41) is 23.1. The average molecular weight is 513 g/mol. The molecule has 5 heteroatoms. The zero-order chi connectivity index (χ0) is 26.9. The van der Waals surface area contributed by atoms with Gasteiger partial charge in [-0.25, -0.2) is 0 Å². The van der Waals surface area contributed by atoms with Crippen LogP contribution in [0, 0.1) is 63.0 Å². The molecule has 0 bridgehead atoms. The van der Waals surface area contributed by atoms with Crippen LogP contribution < -0.4 is 0 Å². The standard InChI is InChI=1S/C32H50NO4/c1-18(2)33(20(4)34)16-21-15-19(3)25-26(37-21)27(36)30(8)23-10-9-22-28(5,6)24(35)11-12-31(22)17-32(23,31)14-13-29(25,30)7/h18-19,22,24-25,27,35-36H,9-17H2,1-8H3/t19-,22+,24+,25+,27+,29-,30-,31-,32+/m1/s1. The molecular formula is C32H50NO4. The molecule has 6 fully saturated rings. The lowest BCUT2D eigenvalue weighted by molar-refractivity contribution is -0.132. The van der Waals surface area contributed by atoms with Crippen LogP contribution in [-0.2, 0) is 9.53 Å². The second kappa shape index (κ2) is 7.97. The zero-order valence-corrected chi connectivity index (χ0v) is 24.5. The molecule has 1 saturated heterocycles. The fourth-order valence-corrected chi connectivity index (χ4v) is 11.5. The number of hydrogen-bond acceptors (Lipinski definition) is 4. The Morgan fingerprint density at radius 1 is 1.11 bits per heavy atom.